The number of esters is 1. The second-order valence-corrected chi connectivity index (χ2v) is 6.33. The van der Waals surface area contributed by atoms with E-state index in [0.717, 1.165) is 17.7 Å². The van der Waals surface area contributed by atoms with Crippen LogP contribution in [0.3, 0.4) is 0 Å². The molecule has 0 saturated carbocycles. The van der Waals surface area contributed by atoms with E-state index in [4.69, 9.17) is 15.9 Å². The zero-order valence-corrected chi connectivity index (χ0v) is 15.0. The molecule has 7 heteroatoms. The van der Waals surface area contributed by atoms with Gasteiger partial charge in [-0.1, -0.05) is 12.1 Å². The normalized spacial score (nSPS) is 15.2. The van der Waals surface area contributed by atoms with Crippen LogP contribution in [-0.2, 0) is 16.0 Å². The SMILES string of the molecule is COC(=O)CC1CCc2cc(NC(=O)c3ccc(C(=N)N)cc3)ccc2O1. The van der Waals surface area contributed by atoms with Gasteiger partial charge in [0.15, 0.2) is 0 Å². The average molecular weight is 367 g/mol. The number of hydrogen-bond donors (Lipinski definition) is 3. The summed E-state index contributed by atoms with van der Waals surface area (Å²) in [6.45, 7) is 0. The molecule has 0 radical (unpaired) electrons. The van der Waals surface area contributed by atoms with E-state index in [1.807, 2.05) is 6.07 Å². The van der Waals surface area contributed by atoms with Crippen LogP contribution in [0.4, 0.5) is 5.69 Å². The highest BCUT2D eigenvalue weighted by atomic mass is 16.5. The van der Waals surface area contributed by atoms with Gasteiger partial charge >= 0.3 is 5.97 Å². The largest absolute Gasteiger partial charge is 0.490 e. The van der Waals surface area contributed by atoms with E-state index in [1.54, 1.807) is 36.4 Å². The fourth-order valence-corrected chi connectivity index (χ4v) is 2.94. The molecule has 0 spiro atoms. The van der Waals surface area contributed by atoms with Gasteiger partial charge in [0.25, 0.3) is 5.91 Å². The first-order valence-corrected chi connectivity index (χ1v) is 8.58. The fraction of sp³-hybridized carbons (Fsp3) is 0.250. The average Bonchev–Trinajstić information content (AvgIpc) is 2.68. The highest BCUT2D eigenvalue weighted by Gasteiger charge is 2.23. The second kappa shape index (κ2) is 7.90. The van der Waals surface area contributed by atoms with Crippen molar-refractivity contribution in [3.63, 3.8) is 0 Å². The number of ether oxygens (including phenoxy) is 2. The quantitative estimate of drug-likeness (QED) is 0.427. The maximum atomic E-state index is 12.4. The predicted molar refractivity (Wildman–Crippen MR) is 101 cm³/mol. The number of aryl methyl sites for hydroxylation is 1. The molecule has 0 fully saturated rings. The van der Waals surface area contributed by atoms with Gasteiger partial charge in [-0.2, -0.15) is 0 Å². The van der Waals surface area contributed by atoms with Crippen LogP contribution < -0.4 is 15.8 Å². The topological polar surface area (TPSA) is 114 Å². The maximum absolute atomic E-state index is 12.4. The van der Waals surface area contributed by atoms with Crippen LogP contribution in [0.2, 0.25) is 0 Å². The van der Waals surface area contributed by atoms with Gasteiger partial charge in [-0.25, -0.2) is 0 Å². The molecular weight excluding hydrogens is 346 g/mol. The highest BCUT2D eigenvalue weighted by molar-refractivity contribution is 6.05. The summed E-state index contributed by atoms with van der Waals surface area (Å²) in [5.41, 5.74) is 8.12. The standard InChI is InChI=1S/C20H21N3O4/c1-26-18(24)11-16-8-6-14-10-15(7-9-17(14)27-16)23-20(25)13-4-2-12(3-5-13)19(21)22/h2-5,7,9-10,16H,6,8,11H2,1H3,(H3,21,22)(H,23,25). The monoisotopic (exact) mass is 367 g/mol. The lowest BCUT2D eigenvalue weighted by Gasteiger charge is -2.25. The Bertz CT molecular complexity index is 877. The minimum atomic E-state index is -0.289. The fourth-order valence-electron chi connectivity index (χ4n) is 2.94. The molecule has 2 aromatic carbocycles. The van der Waals surface area contributed by atoms with Gasteiger partial charge in [0.1, 0.15) is 17.7 Å². The van der Waals surface area contributed by atoms with Gasteiger partial charge in [0.05, 0.1) is 13.5 Å². The molecule has 1 aliphatic heterocycles. The molecule has 1 unspecified atom stereocenters. The summed E-state index contributed by atoms with van der Waals surface area (Å²) in [5.74, 6) is 0.148. The molecule has 1 amide bonds. The minimum absolute atomic E-state index is 0.0397. The molecule has 27 heavy (non-hydrogen) atoms. The summed E-state index contributed by atoms with van der Waals surface area (Å²) >= 11 is 0. The van der Waals surface area contributed by atoms with Crippen molar-refractivity contribution >= 4 is 23.4 Å². The predicted octanol–water partition coefficient (Wildman–Crippen LogP) is 2.48. The molecule has 0 aromatic heterocycles. The summed E-state index contributed by atoms with van der Waals surface area (Å²) < 4.78 is 10.5. The molecule has 0 aliphatic carbocycles. The number of nitrogen functional groups attached to an aromatic ring is 1. The van der Waals surface area contributed by atoms with Crippen molar-refractivity contribution in [2.24, 2.45) is 5.73 Å². The smallest absolute Gasteiger partial charge is 0.309 e. The summed E-state index contributed by atoms with van der Waals surface area (Å²) in [4.78, 5) is 23.8. The van der Waals surface area contributed by atoms with E-state index in [9.17, 15) is 9.59 Å². The minimum Gasteiger partial charge on any atom is -0.490 e. The maximum Gasteiger partial charge on any atom is 0.309 e. The Morgan fingerprint density at radius 3 is 2.59 bits per heavy atom. The lowest BCUT2D eigenvalue weighted by Crippen LogP contribution is -2.26. The van der Waals surface area contributed by atoms with Crippen LogP contribution in [0.15, 0.2) is 42.5 Å². The highest BCUT2D eigenvalue weighted by Crippen LogP contribution is 2.31. The molecule has 1 heterocycles. The van der Waals surface area contributed by atoms with Crippen molar-refractivity contribution in [1.82, 2.24) is 0 Å². The van der Waals surface area contributed by atoms with Crippen molar-refractivity contribution < 1.29 is 19.1 Å². The third kappa shape index (κ3) is 4.44. The van der Waals surface area contributed by atoms with Crippen molar-refractivity contribution in [2.45, 2.75) is 25.4 Å². The number of rotatable bonds is 5. The lowest BCUT2D eigenvalue weighted by atomic mass is 10.00. The van der Waals surface area contributed by atoms with Crippen LogP contribution in [0.5, 0.6) is 5.75 Å². The third-order valence-electron chi connectivity index (χ3n) is 4.43. The number of amidine groups is 1. The van der Waals surface area contributed by atoms with E-state index in [-0.39, 0.29) is 30.2 Å². The number of fused-ring (bicyclic) bond motifs is 1. The second-order valence-electron chi connectivity index (χ2n) is 6.33. The number of carbonyl (C=O) groups excluding carboxylic acids is 2. The van der Waals surface area contributed by atoms with Crippen molar-refractivity contribution in [3.05, 3.63) is 59.2 Å². The van der Waals surface area contributed by atoms with E-state index in [0.29, 0.717) is 23.2 Å². The lowest BCUT2D eigenvalue weighted by molar-refractivity contribution is -0.142. The van der Waals surface area contributed by atoms with Crippen molar-refractivity contribution in [1.29, 1.82) is 5.41 Å². The molecule has 7 nitrogen and oxygen atoms in total. The molecule has 1 aliphatic rings. The molecule has 0 saturated heterocycles. The zero-order valence-electron chi connectivity index (χ0n) is 15.0. The molecule has 140 valence electrons. The number of methoxy groups -OCH3 is 1. The van der Waals surface area contributed by atoms with Gasteiger partial charge < -0.3 is 20.5 Å². The Kier molecular flexibility index (Phi) is 5.40. The van der Waals surface area contributed by atoms with Crippen molar-refractivity contribution in [3.8, 4) is 5.75 Å². The molecule has 2 aromatic rings. The van der Waals surface area contributed by atoms with Gasteiger partial charge in [0, 0.05) is 16.8 Å². The first-order valence-electron chi connectivity index (χ1n) is 8.58. The molecular formula is C20H21N3O4. The van der Waals surface area contributed by atoms with Gasteiger partial charge in [0.2, 0.25) is 0 Å². The van der Waals surface area contributed by atoms with E-state index in [1.165, 1.54) is 7.11 Å². The summed E-state index contributed by atoms with van der Waals surface area (Å²) in [5, 5.41) is 10.2. The zero-order chi connectivity index (χ0) is 19.4. The number of benzene rings is 2. The summed E-state index contributed by atoms with van der Waals surface area (Å²) in [6.07, 6.45) is 1.51. The van der Waals surface area contributed by atoms with E-state index >= 15 is 0 Å². The van der Waals surface area contributed by atoms with Crippen LogP contribution in [0.1, 0.15) is 34.3 Å². The van der Waals surface area contributed by atoms with Gasteiger partial charge in [-0.05, 0) is 48.7 Å². The number of amides is 1. The Balaban J connectivity index is 1.66. The molecule has 3 rings (SSSR count). The van der Waals surface area contributed by atoms with Gasteiger partial charge in [-0.3, -0.25) is 15.0 Å². The van der Waals surface area contributed by atoms with Crippen LogP contribution >= 0.6 is 0 Å². The number of hydrogen-bond acceptors (Lipinski definition) is 5. The van der Waals surface area contributed by atoms with Crippen LogP contribution in [0, 0.1) is 5.41 Å². The first kappa shape index (κ1) is 18.4. The number of carbonyl (C=O) groups is 2. The Morgan fingerprint density at radius 1 is 1.22 bits per heavy atom. The third-order valence-corrected chi connectivity index (χ3v) is 4.43. The Morgan fingerprint density at radius 2 is 1.93 bits per heavy atom. The van der Waals surface area contributed by atoms with Crippen molar-refractivity contribution in [2.75, 3.05) is 12.4 Å². The first-order chi connectivity index (χ1) is 13.0. The number of anilines is 1. The molecule has 4 N–H and O–H groups in total. The number of nitrogens with one attached hydrogen (secondary N) is 2. The molecule has 0 bridgehead atoms. The van der Waals surface area contributed by atoms with Gasteiger partial charge in [-0.15, -0.1) is 0 Å². The summed E-state index contributed by atoms with van der Waals surface area (Å²) in [6, 6.07) is 12.0. The number of nitrogens with two attached hydrogens (primary N) is 1. The Labute approximate surface area is 157 Å². The van der Waals surface area contributed by atoms with E-state index < -0.39 is 0 Å². The molecule has 1 atom stereocenters. The van der Waals surface area contributed by atoms with Crippen LogP contribution in [0.25, 0.3) is 0 Å². The summed E-state index contributed by atoms with van der Waals surface area (Å²) in [7, 11) is 1.36. The Hall–Kier alpha value is -3.35. The van der Waals surface area contributed by atoms with E-state index in [2.05, 4.69) is 10.1 Å². The van der Waals surface area contributed by atoms with Crippen LogP contribution in [-0.4, -0.2) is 30.9 Å².